The van der Waals surface area contributed by atoms with Crippen LogP contribution < -0.4 is 16.0 Å². The molecule has 1 aromatic rings. The Morgan fingerprint density at radius 2 is 1.57 bits per heavy atom. The van der Waals surface area contributed by atoms with Crippen molar-refractivity contribution in [3.05, 3.63) is 34.9 Å². The maximum Gasteiger partial charge on any atom is 0.251 e. The molecule has 0 radical (unpaired) electrons. The molecular formula is C19H32ClIN4O3. The smallest absolute Gasteiger partial charge is 0.251 e. The lowest BCUT2D eigenvalue weighted by atomic mass is 10.2. The van der Waals surface area contributed by atoms with E-state index in [2.05, 4.69) is 27.9 Å². The molecule has 0 aliphatic carbocycles. The zero-order chi connectivity index (χ0) is 19.7. The van der Waals surface area contributed by atoms with Gasteiger partial charge in [-0.3, -0.25) is 9.79 Å². The molecule has 0 aliphatic rings. The number of unbranched alkanes of at least 4 members (excludes halogenated alkanes) is 1. The van der Waals surface area contributed by atoms with Gasteiger partial charge in [0.05, 0.1) is 19.8 Å². The number of amides is 1. The highest BCUT2D eigenvalue weighted by Gasteiger charge is 2.04. The van der Waals surface area contributed by atoms with Crippen molar-refractivity contribution in [2.45, 2.75) is 19.8 Å². The first-order valence-corrected chi connectivity index (χ1v) is 9.69. The summed E-state index contributed by atoms with van der Waals surface area (Å²) in [5.41, 5.74) is 0.581. The summed E-state index contributed by atoms with van der Waals surface area (Å²) in [7, 11) is 1.70. The van der Waals surface area contributed by atoms with Gasteiger partial charge in [-0.05, 0) is 30.7 Å². The largest absolute Gasteiger partial charge is 0.379 e. The van der Waals surface area contributed by atoms with Crippen molar-refractivity contribution in [3.8, 4) is 0 Å². The van der Waals surface area contributed by atoms with Crippen molar-refractivity contribution in [2.75, 3.05) is 53.1 Å². The van der Waals surface area contributed by atoms with Gasteiger partial charge in [-0.1, -0.05) is 24.9 Å². The molecule has 1 amide bonds. The fourth-order valence-electron chi connectivity index (χ4n) is 2.09. The molecule has 0 saturated heterocycles. The second kappa shape index (κ2) is 18.0. The number of guanidine groups is 1. The lowest BCUT2D eigenvalue weighted by Gasteiger charge is -2.12. The van der Waals surface area contributed by atoms with Gasteiger partial charge in [-0.2, -0.15) is 0 Å². The highest BCUT2D eigenvalue weighted by atomic mass is 127. The average Bonchev–Trinajstić information content (AvgIpc) is 2.68. The summed E-state index contributed by atoms with van der Waals surface area (Å²) < 4.78 is 10.9. The highest BCUT2D eigenvalue weighted by Crippen LogP contribution is 2.09. The van der Waals surface area contributed by atoms with Crippen molar-refractivity contribution in [1.82, 2.24) is 16.0 Å². The Balaban J connectivity index is 0.00000729. The summed E-state index contributed by atoms with van der Waals surface area (Å²) in [6, 6.07) is 6.78. The highest BCUT2D eigenvalue weighted by molar-refractivity contribution is 14.0. The van der Waals surface area contributed by atoms with Gasteiger partial charge >= 0.3 is 0 Å². The second-order valence-corrected chi connectivity index (χ2v) is 6.20. The molecule has 0 aromatic heterocycles. The third-order valence-corrected chi connectivity index (χ3v) is 3.84. The van der Waals surface area contributed by atoms with Gasteiger partial charge in [-0.25, -0.2) is 0 Å². The molecule has 0 fully saturated rings. The van der Waals surface area contributed by atoms with E-state index in [1.54, 1.807) is 31.3 Å². The Morgan fingerprint density at radius 1 is 0.964 bits per heavy atom. The number of halogens is 2. The first kappa shape index (κ1) is 26.9. The Hall–Kier alpha value is -1.10. The molecule has 0 saturated carbocycles. The van der Waals surface area contributed by atoms with E-state index in [-0.39, 0.29) is 29.9 Å². The molecule has 160 valence electrons. The molecule has 0 spiro atoms. The van der Waals surface area contributed by atoms with E-state index in [4.69, 9.17) is 21.1 Å². The average molecular weight is 527 g/mol. The van der Waals surface area contributed by atoms with Gasteiger partial charge in [0.1, 0.15) is 0 Å². The predicted molar refractivity (Wildman–Crippen MR) is 125 cm³/mol. The fraction of sp³-hybridized carbons (Fsp3) is 0.579. The number of nitrogens with zero attached hydrogens (tertiary/aromatic N) is 1. The van der Waals surface area contributed by atoms with Crippen LogP contribution >= 0.6 is 35.6 Å². The normalized spacial score (nSPS) is 10.9. The van der Waals surface area contributed by atoms with E-state index >= 15 is 0 Å². The first-order chi connectivity index (χ1) is 13.2. The maximum atomic E-state index is 12.0. The summed E-state index contributed by atoms with van der Waals surface area (Å²) in [5.74, 6) is 0.532. The molecule has 0 atom stereocenters. The molecular weight excluding hydrogens is 495 g/mol. The van der Waals surface area contributed by atoms with Gasteiger partial charge in [0.25, 0.3) is 5.91 Å². The number of carbonyl (C=O) groups is 1. The van der Waals surface area contributed by atoms with E-state index in [9.17, 15) is 4.79 Å². The standard InChI is InChI=1S/C19H31ClN4O3.HI/c1-3-4-12-26-14-15-27-13-11-24-19(21-2)23-10-9-22-18(25)16-5-7-17(20)8-6-16;/h5-8H,3-4,9-15H2,1-2H3,(H,22,25)(H2,21,23,24);1H. The third kappa shape index (κ3) is 13.1. The summed E-state index contributed by atoms with van der Waals surface area (Å²) in [5, 5.41) is 9.73. The van der Waals surface area contributed by atoms with Crippen LogP contribution in [0.1, 0.15) is 30.1 Å². The Kier molecular flexibility index (Phi) is 17.3. The summed E-state index contributed by atoms with van der Waals surface area (Å²) in [6.45, 7) is 6.41. The molecule has 0 heterocycles. The lowest BCUT2D eigenvalue weighted by Crippen LogP contribution is -2.42. The minimum atomic E-state index is -0.133. The van der Waals surface area contributed by atoms with Crippen molar-refractivity contribution >= 4 is 47.4 Å². The third-order valence-electron chi connectivity index (χ3n) is 3.59. The number of nitrogens with one attached hydrogen (secondary N) is 3. The topological polar surface area (TPSA) is 84.0 Å². The number of carbonyl (C=O) groups excluding carboxylic acids is 1. The summed E-state index contributed by atoms with van der Waals surface area (Å²) in [4.78, 5) is 16.1. The Bertz CT molecular complexity index is 559. The van der Waals surface area contributed by atoms with Crippen LogP contribution in [-0.2, 0) is 9.47 Å². The van der Waals surface area contributed by atoms with Crippen LogP contribution in [0.2, 0.25) is 5.02 Å². The number of hydrogen-bond acceptors (Lipinski definition) is 4. The van der Waals surface area contributed by atoms with E-state index < -0.39 is 0 Å². The van der Waals surface area contributed by atoms with Crippen molar-refractivity contribution < 1.29 is 14.3 Å². The second-order valence-electron chi connectivity index (χ2n) is 5.77. The van der Waals surface area contributed by atoms with Crippen LogP contribution in [0.5, 0.6) is 0 Å². The zero-order valence-electron chi connectivity index (χ0n) is 16.6. The lowest BCUT2D eigenvalue weighted by molar-refractivity contribution is 0.0487. The molecule has 0 bridgehead atoms. The number of benzene rings is 1. The van der Waals surface area contributed by atoms with E-state index in [0.29, 0.717) is 56.0 Å². The van der Waals surface area contributed by atoms with Crippen LogP contribution in [0.3, 0.4) is 0 Å². The number of aliphatic imine (C=N–C) groups is 1. The van der Waals surface area contributed by atoms with Gasteiger partial charge in [0, 0.05) is 43.9 Å². The number of hydrogen-bond donors (Lipinski definition) is 3. The van der Waals surface area contributed by atoms with Gasteiger partial charge in [0.15, 0.2) is 5.96 Å². The van der Waals surface area contributed by atoms with Crippen molar-refractivity contribution in [1.29, 1.82) is 0 Å². The molecule has 1 aromatic carbocycles. The molecule has 0 aliphatic heterocycles. The van der Waals surface area contributed by atoms with Crippen LogP contribution in [0.25, 0.3) is 0 Å². The Labute approximate surface area is 190 Å². The number of ether oxygens (including phenoxy) is 2. The quantitative estimate of drug-likeness (QED) is 0.159. The molecule has 28 heavy (non-hydrogen) atoms. The molecule has 7 nitrogen and oxygen atoms in total. The van der Waals surface area contributed by atoms with Gasteiger partial charge < -0.3 is 25.4 Å². The van der Waals surface area contributed by atoms with Crippen molar-refractivity contribution in [2.24, 2.45) is 4.99 Å². The van der Waals surface area contributed by atoms with Crippen LogP contribution in [0.4, 0.5) is 0 Å². The zero-order valence-corrected chi connectivity index (χ0v) is 19.7. The Morgan fingerprint density at radius 3 is 2.21 bits per heavy atom. The van der Waals surface area contributed by atoms with Crippen LogP contribution in [0, 0.1) is 0 Å². The number of rotatable bonds is 13. The first-order valence-electron chi connectivity index (χ1n) is 9.31. The fourth-order valence-corrected chi connectivity index (χ4v) is 2.22. The van der Waals surface area contributed by atoms with Crippen LogP contribution in [0.15, 0.2) is 29.3 Å². The van der Waals surface area contributed by atoms with Gasteiger partial charge in [0.2, 0.25) is 0 Å². The van der Waals surface area contributed by atoms with Crippen LogP contribution in [-0.4, -0.2) is 65.0 Å². The van der Waals surface area contributed by atoms with Gasteiger partial charge in [-0.15, -0.1) is 24.0 Å². The van der Waals surface area contributed by atoms with E-state index in [1.807, 2.05) is 0 Å². The summed E-state index contributed by atoms with van der Waals surface area (Å²) in [6.07, 6.45) is 2.23. The minimum absolute atomic E-state index is 0. The molecule has 9 heteroatoms. The SMILES string of the molecule is CCCCOCCOCCNC(=NC)NCCNC(=O)c1ccc(Cl)cc1.I. The molecule has 1 rings (SSSR count). The van der Waals surface area contributed by atoms with E-state index in [1.165, 1.54) is 0 Å². The molecule has 3 N–H and O–H groups in total. The predicted octanol–water partition coefficient (Wildman–Crippen LogP) is 2.69. The molecule has 0 unspecified atom stereocenters. The summed E-state index contributed by atoms with van der Waals surface area (Å²) >= 11 is 5.81. The van der Waals surface area contributed by atoms with Crippen molar-refractivity contribution in [3.63, 3.8) is 0 Å². The maximum absolute atomic E-state index is 12.0. The van der Waals surface area contributed by atoms with E-state index in [0.717, 1.165) is 19.4 Å². The minimum Gasteiger partial charge on any atom is -0.379 e. The monoisotopic (exact) mass is 526 g/mol.